The number of nitrogens with zero attached hydrogens (tertiary/aromatic N) is 3. The summed E-state index contributed by atoms with van der Waals surface area (Å²) in [4.78, 5) is 29.1. The van der Waals surface area contributed by atoms with Gasteiger partial charge in [0.2, 0.25) is 11.6 Å². The molecule has 0 bridgehead atoms. The predicted molar refractivity (Wildman–Crippen MR) is 67.4 cm³/mol. The van der Waals surface area contributed by atoms with Crippen LogP contribution in [-0.2, 0) is 9.53 Å². The van der Waals surface area contributed by atoms with Gasteiger partial charge in [-0.05, 0) is 5.92 Å². The first-order chi connectivity index (χ1) is 8.88. The number of carbonyl (C=O) groups excluding carboxylic acids is 1. The molecular formula is C10H15N5O4. The van der Waals surface area contributed by atoms with Crippen LogP contribution in [0.2, 0.25) is 0 Å². The molecule has 0 aliphatic rings. The first-order valence-corrected chi connectivity index (χ1v) is 5.47. The molecule has 1 rings (SSSR count). The SMILES string of the molecule is COC(=O)C(Nc1ncnc(N)c1[N+](=O)[O-])C(C)C. The molecule has 9 heteroatoms. The Balaban J connectivity index is 3.13. The van der Waals surface area contributed by atoms with Gasteiger partial charge in [0.1, 0.15) is 12.4 Å². The van der Waals surface area contributed by atoms with E-state index in [1.54, 1.807) is 13.8 Å². The lowest BCUT2D eigenvalue weighted by Gasteiger charge is -2.20. The molecule has 0 aliphatic heterocycles. The highest BCUT2D eigenvalue weighted by Crippen LogP contribution is 2.27. The first kappa shape index (κ1) is 14.6. The molecule has 0 aliphatic carbocycles. The highest BCUT2D eigenvalue weighted by atomic mass is 16.6. The highest BCUT2D eigenvalue weighted by molar-refractivity contribution is 5.81. The zero-order valence-electron chi connectivity index (χ0n) is 10.8. The van der Waals surface area contributed by atoms with Gasteiger partial charge in [-0.25, -0.2) is 14.8 Å². The van der Waals surface area contributed by atoms with Crippen LogP contribution in [0.4, 0.5) is 17.3 Å². The third kappa shape index (κ3) is 3.27. The van der Waals surface area contributed by atoms with Crippen molar-refractivity contribution in [3.05, 3.63) is 16.4 Å². The van der Waals surface area contributed by atoms with Crippen LogP contribution in [0.1, 0.15) is 13.8 Å². The summed E-state index contributed by atoms with van der Waals surface area (Å²) in [5.74, 6) is -1.07. The zero-order chi connectivity index (χ0) is 14.6. The molecule has 104 valence electrons. The van der Waals surface area contributed by atoms with Crippen molar-refractivity contribution in [1.82, 2.24) is 9.97 Å². The quantitative estimate of drug-likeness (QED) is 0.450. The van der Waals surface area contributed by atoms with E-state index in [0.29, 0.717) is 0 Å². The van der Waals surface area contributed by atoms with Crippen LogP contribution in [0.3, 0.4) is 0 Å². The maximum Gasteiger partial charge on any atom is 0.353 e. The van der Waals surface area contributed by atoms with E-state index in [-0.39, 0.29) is 17.6 Å². The van der Waals surface area contributed by atoms with E-state index in [9.17, 15) is 14.9 Å². The van der Waals surface area contributed by atoms with Crippen molar-refractivity contribution in [2.24, 2.45) is 5.92 Å². The Hall–Kier alpha value is -2.45. The van der Waals surface area contributed by atoms with Gasteiger partial charge in [0.05, 0.1) is 12.0 Å². The minimum atomic E-state index is -0.766. The Morgan fingerprint density at radius 3 is 2.63 bits per heavy atom. The van der Waals surface area contributed by atoms with Gasteiger partial charge in [-0.15, -0.1) is 0 Å². The molecule has 0 radical (unpaired) electrons. The molecule has 1 aromatic rings. The summed E-state index contributed by atoms with van der Waals surface area (Å²) in [6, 6.07) is -0.766. The maximum absolute atomic E-state index is 11.6. The molecule has 1 unspecified atom stereocenters. The summed E-state index contributed by atoms with van der Waals surface area (Å²) < 4.78 is 4.63. The average Bonchev–Trinajstić information content (AvgIpc) is 2.34. The Bertz CT molecular complexity index is 491. The third-order valence-corrected chi connectivity index (χ3v) is 2.45. The highest BCUT2D eigenvalue weighted by Gasteiger charge is 2.28. The lowest BCUT2D eigenvalue weighted by atomic mass is 10.0. The lowest BCUT2D eigenvalue weighted by Crippen LogP contribution is -2.36. The summed E-state index contributed by atoms with van der Waals surface area (Å²) in [6.45, 7) is 3.54. The number of rotatable bonds is 5. The fourth-order valence-corrected chi connectivity index (χ4v) is 1.45. The van der Waals surface area contributed by atoms with Crippen molar-refractivity contribution in [3.8, 4) is 0 Å². The van der Waals surface area contributed by atoms with Gasteiger partial charge in [-0.3, -0.25) is 10.1 Å². The normalized spacial score (nSPS) is 12.0. The average molecular weight is 269 g/mol. The summed E-state index contributed by atoms with van der Waals surface area (Å²) in [7, 11) is 1.24. The molecular weight excluding hydrogens is 254 g/mol. The molecule has 0 saturated heterocycles. The number of nitrogen functional groups attached to an aromatic ring is 1. The van der Waals surface area contributed by atoms with Crippen molar-refractivity contribution in [2.75, 3.05) is 18.2 Å². The van der Waals surface area contributed by atoms with Gasteiger partial charge in [0, 0.05) is 0 Å². The number of nitrogens with one attached hydrogen (secondary N) is 1. The van der Waals surface area contributed by atoms with E-state index in [1.807, 2.05) is 0 Å². The molecule has 0 saturated carbocycles. The number of hydrogen-bond donors (Lipinski definition) is 2. The molecule has 0 amide bonds. The second-order valence-electron chi connectivity index (χ2n) is 4.10. The molecule has 9 nitrogen and oxygen atoms in total. The number of anilines is 2. The van der Waals surface area contributed by atoms with Crippen LogP contribution in [-0.4, -0.2) is 34.0 Å². The molecule has 1 atom stereocenters. The number of methoxy groups -OCH3 is 1. The number of nitro groups is 1. The van der Waals surface area contributed by atoms with Gasteiger partial charge in [-0.1, -0.05) is 13.8 Å². The summed E-state index contributed by atoms with van der Waals surface area (Å²) >= 11 is 0. The van der Waals surface area contributed by atoms with E-state index < -0.39 is 22.6 Å². The van der Waals surface area contributed by atoms with Crippen LogP contribution in [0.5, 0.6) is 0 Å². The van der Waals surface area contributed by atoms with E-state index in [1.165, 1.54) is 7.11 Å². The maximum atomic E-state index is 11.6. The fraction of sp³-hybridized carbons (Fsp3) is 0.500. The Morgan fingerprint density at radius 1 is 1.53 bits per heavy atom. The van der Waals surface area contributed by atoms with Gasteiger partial charge >= 0.3 is 11.7 Å². The number of aromatic nitrogens is 2. The smallest absolute Gasteiger partial charge is 0.353 e. The fourth-order valence-electron chi connectivity index (χ4n) is 1.45. The van der Waals surface area contributed by atoms with Crippen LogP contribution in [0, 0.1) is 16.0 Å². The predicted octanol–water partition coefficient (Wildman–Crippen LogP) is 0.576. The molecule has 3 N–H and O–H groups in total. The van der Waals surface area contributed by atoms with E-state index >= 15 is 0 Å². The largest absolute Gasteiger partial charge is 0.467 e. The van der Waals surface area contributed by atoms with Gasteiger partial charge in [-0.2, -0.15) is 0 Å². The van der Waals surface area contributed by atoms with Crippen LogP contribution < -0.4 is 11.1 Å². The minimum Gasteiger partial charge on any atom is -0.467 e. The zero-order valence-corrected chi connectivity index (χ0v) is 10.8. The number of hydrogen-bond acceptors (Lipinski definition) is 8. The van der Waals surface area contributed by atoms with Crippen molar-refractivity contribution in [3.63, 3.8) is 0 Å². The van der Waals surface area contributed by atoms with Crippen LogP contribution in [0.25, 0.3) is 0 Å². The molecule has 0 aromatic carbocycles. The molecule has 1 aromatic heterocycles. The lowest BCUT2D eigenvalue weighted by molar-refractivity contribution is -0.383. The molecule has 0 spiro atoms. The van der Waals surface area contributed by atoms with E-state index in [2.05, 4.69) is 20.0 Å². The second-order valence-corrected chi connectivity index (χ2v) is 4.10. The molecule has 1 heterocycles. The van der Waals surface area contributed by atoms with Gasteiger partial charge in [0.15, 0.2) is 0 Å². The topological polar surface area (TPSA) is 133 Å². The second kappa shape index (κ2) is 5.94. The van der Waals surface area contributed by atoms with E-state index in [0.717, 1.165) is 6.33 Å². The minimum absolute atomic E-state index is 0.110. The standard InChI is InChI=1S/C10H15N5O4/c1-5(2)6(10(16)19-3)14-9-7(15(17)18)8(11)12-4-13-9/h4-6H,1-3H3,(H3,11,12,13,14). The number of carbonyl (C=O) groups is 1. The first-order valence-electron chi connectivity index (χ1n) is 5.47. The van der Waals surface area contributed by atoms with Crippen molar-refractivity contribution < 1.29 is 14.5 Å². The van der Waals surface area contributed by atoms with Crippen LogP contribution in [0.15, 0.2) is 6.33 Å². The molecule has 0 fully saturated rings. The third-order valence-electron chi connectivity index (χ3n) is 2.45. The van der Waals surface area contributed by atoms with Crippen LogP contribution >= 0.6 is 0 Å². The number of esters is 1. The summed E-state index contributed by atoms with van der Waals surface area (Å²) in [5.41, 5.74) is 4.97. The monoisotopic (exact) mass is 269 g/mol. The Labute approximate surface area is 109 Å². The number of ether oxygens (including phenoxy) is 1. The summed E-state index contributed by atoms with van der Waals surface area (Å²) in [5, 5.41) is 13.6. The number of nitrogens with two attached hydrogens (primary N) is 1. The van der Waals surface area contributed by atoms with Crippen molar-refractivity contribution in [2.45, 2.75) is 19.9 Å². The van der Waals surface area contributed by atoms with Crippen molar-refractivity contribution >= 4 is 23.3 Å². The Kier molecular flexibility index (Phi) is 4.56. The van der Waals surface area contributed by atoms with E-state index in [4.69, 9.17) is 5.73 Å². The van der Waals surface area contributed by atoms with Crippen molar-refractivity contribution in [1.29, 1.82) is 0 Å². The Morgan fingerprint density at radius 2 is 2.16 bits per heavy atom. The summed E-state index contributed by atoms with van der Waals surface area (Å²) in [6.07, 6.45) is 1.08. The van der Waals surface area contributed by atoms with Gasteiger partial charge in [0.25, 0.3) is 0 Å². The molecule has 19 heavy (non-hydrogen) atoms. The van der Waals surface area contributed by atoms with Gasteiger partial charge < -0.3 is 15.8 Å².